The van der Waals surface area contributed by atoms with Crippen LogP contribution in [0.1, 0.15) is 20.8 Å². The quantitative estimate of drug-likeness (QED) is 0.820. The van der Waals surface area contributed by atoms with Gasteiger partial charge in [-0.3, -0.25) is 9.59 Å². The first-order valence-electron chi connectivity index (χ1n) is 6.20. The zero-order valence-corrected chi connectivity index (χ0v) is 11.9. The van der Waals surface area contributed by atoms with Crippen molar-refractivity contribution in [1.82, 2.24) is 0 Å². The van der Waals surface area contributed by atoms with Gasteiger partial charge in [0.15, 0.2) is 0 Å². The first-order valence-corrected chi connectivity index (χ1v) is 6.20. The summed E-state index contributed by atoms with van der Waals surface area (Å²) in [5.74, 6) is -3.17. The van der Waals surface area contributed by atoms with Gasteiger partial charge in [-0.25, -0.2) is 0 Å². The van der Waals surface area contributed by atoms with Gasteiger partial charge in [0.05, 0.1) is 0 Å². The lowest BCUT2D eigenvalue weighted by Gasteiger charge is -2.25. The summed E-state index contributed by atoms with van der Waals surface area (Å²) in [6, 6.07) is 5.23. The van der Waals surface area contributed by atoms with Gasteiger partial charge in [0.2, 0.25) is 5.91 Å². The third-order valence-corrected chi connectivity index (χ3v) is 2.72. The van der Waals surface area contributed by atoms with Gasteiger partial charge in [-0.1, -0.05) is 20.8 Å². The standard InChI is InChI=1S/C14H17F2NO4/c1-14(2,3)10(12(19)20)11(18)17-8-4-6-9(7-5-8)21-13(15)16/h4-7,10,13H,1-3H3,(H,17,18)(H,19,20). The van der Waals surface area contributed by atoms with Gasteiger partial charge >= 0.3 is 12.6 Å². The topological polar surface area (TPSA) is 75.6 Å². The van der Waals surface area contributed by atoms with Crippen molar-refractivity contribution in [3.05, 3.63) is 24.3 Å². The van der Waals surface area contributed by atoms with Crippen LogP contribution in [0.15, 0.2) is 24.3 Å². The number of aliphatic carboxylic acids is 1. The lowest BCUT2D eigenvalue weighted by Crippen LogP contribution is -2.39. The predicted octanol–water partition coefficient (Wildman–Crippen LogP) is 2.97. The Kier molecular flexibility index (Phi) is 5.23. The van der Waals surface area contributed by atoms with Crippen molar-refractivity contribution in [2.75, 3.05) is 5.32 Å². The molecule has 0 aliphatic carbocycles. The number of ether oxygens (including phenoxy) is 1. The number of alkyl halides is 2. The van der Waals surface area contributed by atoms with E-state index in [1.807, 2.05) is 0 Å². The molecule has 1 amide bonds. The fraction of sp³-hybridized carbons (Fsp3) is 0.429. The van der Waals surface area contributed by atoms with Crippen molar-refractivity contribution in [1.29, 1.82) is 0 Å². The first-order chi connectivity index (χ1) is 9.61. The molecule has 1 atom stereocenters. The van der Waals surface area contributed by atoms with E-state index in [0.29, 0.717) is 5.69 Å². The highest BCUT2D eigenvalue weighted by Gasteiger charge is 2.37. The number of rotatable bonds is 5. The third-order valence-electron chi connectivity index (χ3n) is 2.72. The van der Waals surface area contributed by atoms with Crippen LogP contribution in [0.25, 0.3) is 0 Å². The Morgan fingerprint density at radius 3 is 2.10 bits per heavy atom. The van der Waals surface area contributed by atoms with E-state index >= 15 is 0 Å². The van der Waals surface area contributed by atoms with Crippen LogP contribution >= 0.6 is 0 Å². The Morgan fingerprint density at radius 1 is 1.19 bits per heavy atom. The zero-order valence-electron chi connectivity index (χ0n) is 11.9. The molecule has 0 aliphatic heterocycles. The number of anilines is 1. The second-order valence-corrected chi connectivity index (χ2v) is 5.53. The van der Waals surface area contributed by atoms with Crippen LogP contribution in [-0.2, 0) is 9.59 Å². The highest BCUT2D eigenvalue weighted by molar-refractivity contribution is 6.04. The lowest BCUT2D eigenvalue weighted by molar-refractivity contribution is -0.149. The molecule has 0 aliphatic rings. The predicted molar refractivity (Wildman–Crippen MR) is 72.3 cm³/mol. The average Bonchev–Trinajstić information content (AvgIpc) is 2.28. The van der Waals surface area contributed by atoms with Crippen LogP contribution < -0.4 is 10.1 Å². The highest BCUT2D eigenvalue weighted by Crippen LogP contribution is 2.28. The van der Waals surface area contributed by atoms with E-state index in [1.165, 1.54) is 24.3 Å². The Bertz CT molecular complexity index is 509. The van der Waals surface area contributed by atoms with Crippen molar-refractivity contribution in [3.8, 4) is 5.75 Å². The van der Waals surface area contributed by atoms with Crippen molar-refractivity contribution in [3.63, 3.8) is 0 Å². The molecule has 0 spiro atoms. The maximum absolute atomic E-state index is 12.0. The van der Waals surface area contributed by atoms with Gasteiger partial charge in [-0.05, 0) is 29.7 Å². The monoisotopic (exact) mass is 301 g/mol. The number of benzene rings is 1. The smallest absolute Gasteiger partial charge is 0.387 e. The minimum atomic E-state index is -2.93. The second-order valence-electron chi connectivity index (χ2n) is 5.53. The summed E-state index contributed by atoms with van der Waals surface area (Å²) < 4.78 is 28.2. The SMILES string of the molecule is CC(C)(C)C(C(=O)O)C(=O)Nc1ccc(OC(F)F)cc1. The second kappa shape index (κ2) is 6.51. The van der Waals surface area contributed by atoms with Crippen LogP contribution in [0.3, 0.4) is 0 Å². The van der Waals surface area contributed by atoms with Crippen LogP contribution in [0.2, 0.25) is 0 Å². The van der Waals surface area contributed by atoms with Crippen LogP contribution in [-0.4, -0.2) is 23.6 Å². The molecule has 7 heteroatoms. The van der Waals surface area contributed by atoms with E-state index in [9.17, 15) is 18.4 Å². The van der Waals surface area contributed by atoms with E-state index in [2.05, 4.69) is 10.1 Å². The maximum atomic E-state index is 12.0. The summed E-state index contributed by atoms with van der Waals surface area (Å²) in [5, 5.41) is 11.6. The van der Waals surface area contributed by atoms with E-state index in [0.717, 1.165) is 0 Å². The van der Waals surface area contributed by atoms with Crippen LogP contribution in [0.5, 0.6) is 5.75 Å². The Morgan fingerprint density at radius 2 is 1.71 bits per heavy atom. The largest absolute Gasteiger partial charge is 0.481 e. The van der Waals surface area contributed by atoms with Crippen molar-refractivity contribution in [2.45, 2.75) is 27.4 Å². The van der Waals surface area contributed by atoms with Crippen molar-refractivity contribution >= 4 is 17.6 Å². The summed E-state index contributed by atoms with van der Waals surface area (Å²) in [5.41, 5.74) is -0.452. The van der Waals surface area contributed by atoms with Crippen molar-refractivity contribution < 1.29 is 28.2 Å². The van der Waals surface area contributed by atoms with Gasteiger partial charge in [-0.2, -0.15) is 8.78 Å². The first kappa shape index (κ1) is 16.9. The molecule has 0 saturated carbocycles. The zero-order chi connectivity index (χ0) is 16.2. The molecule has 1 aromatic rings. The number of halogens is 2. The lowest BCUT2D eigenvalue weighted by atomic mass is 9.80. The molecule has 1 rings (SSSR count). The molecule has 1 aromatic carbocycles. The molecule has 1 unspecified atom stereocenters. The van der Waals surface area contributed by atoms with Crippen LogP contribution in [0, 0.1) is 11.3 Å². The highest BCUT2D eigenvalue weighted by atomic mass is 19.3. The number of hydrogen-bond donors (Lipinski definition) is 2. The Labute approximate surface area is 120 Å². The number of amides is 1. The number of hydrogen-bond acceptors (Lipinski definition) is 3. The molecule has 0 heterocycles. The number of carbonyl (C=O) groups is 2. The van der Waals surface area contributed by atoms with Gasteiger partial charge in [0.1, 0.15) is 11.7 Å². The number of carbonyl (C=O) groups excluding carboxylic acids is 1. The maximum Gasteiger partial charge on any atom is 0.387 e. The van der Waals surface area contributed by atoms with E-state index in [4.69, 9.17) is 5.11 Å². The minimum Gasteiger partial charge on any atom is -0.481 e. The van der Waals surface area contributed by atoms with Gasteiger partial charge in [-0.15, -0.1) is 0 Å². The molecule has 0 fully saturated rings. The third kappa shape index (κ3) is 5.02. The normalized spacial score (nSPS) is 12.9. The molecule has 0 aromatic heterocycles. The Balaban J connectivity index is 2.80. The van der Waals surface area contributed by atoms with E-state index in [1.54, 1.807) is 20.8 Å². The average molecular weight is 301 g/mol. The molecular weight excluding hydrogens is 284 g/mol. The fourth-order valence-electron chi connectivity index (χ4n) is 1.81. The fourth-order valence-corrected chi connectivity index (χ4v) is 1.81. The van der Waals surface area contributed by atoms with Gasteiger partial charge < -0.3 is 15.2 Å². The summed E-state index contributed by atoms with van der Waals surface area (Å²) in [6.07, 6.45) is 0. The number of carboxylic acids is 1. The summed E-state index contributed by atoms with van der Waals surface area (Å²) in [7, 11) is 0. The molecule has 5 nitrogen and oxygen atoms in total. The molecule has 0 radical (unpaired) electrons. The molecule has 2 N–H and O–H groups in total. The summed E-state index contributed by atoms with van der Waals surface area (Å²) in [6.45, 7) is 2.00. The van der Waals surface area contributed by atoms with Gasteiger partial charge in [0, 0.05) is 5.69 Å². The summed E-state index contributed by atoms with van der Waals surface area (Å²) in [4.78, 5) is 23.2. The van der Waals surface area contributed by atoms with Crippen LogP contribution in [0.4, 0.5) is 14.5 Å². The molecular formula is C14H17F2NO4. The van der Waals surface area contributed by atoms with E-state index in [-0.39, 0.29) is 5.75 Å². The molecule has 0 bridgehead atoms. The molecule has 116 valence electrons. The molecule has 0 saturated heterocycles. The van der Waals surface area contributed by atoms with Crippen molar-refractivity contribution in [2.24, 2.45) is 11.3 Å². The Hall–Kier alpha value is -2.18. The molecule has 21 heavy (non-hydrogen) atoms. The summed E-state index contributed by atoms with van der Waals surface area (Å²) >= 11 is 0. The van der Waals surface area contributed by atoms with E-state index < -0.39 is 29.8 Å². The number of nitrogens with one attached hydrogen (secondary N) is 1. The minimum absolute atomic E-state index is 0.0476. The van der Waals surface area contributed by atoms with Gasteiger partial charge in [0.25, 0.3) is 0 Å². The number of carboxylic acid groups (broad SMARTS) is 1.